The highest BCUT2D eigenvalue weighted by Crippen LogP contribution is 2.36. The Hall–Kier alpha value is -1.69. The second kappa shape index (κ2) is 5.31. The monoisotopic (exact) mass is 250 g/mol. The minimum atomic E-state index is -1.10. The van der Waals surface area contributed by atoms with Gasteiger partial charge in [0.15, 0.2) is 0 Å². The number of rotatable bonds is 4. The van der Waals surface area contributed by atoms with Crippen molar-refractivity contribution in [3.05, 3.63) is 23.3 Å². The van der Waals surface area contributed by atoms with Crippen LogP contribution in [0.15, 0.2) is 12.1 Å². The van der Waals surface area contributed by atoms with E-state index < -0.39 is 13.1 Å². The molecule has 1 aromatic rings. The highest BCUT2D eigenvalue weighted by molar-refractivity contribution is 6.44. The number of hydrogen-bond acceptors (Lipinski definition) is 4. The zero-order valence-corrected chi connectivity index (χ0v) is 10.2. The molecule has 0 fully saturated rings. The van der Waals surface area contributed by atoms with Crippen molar-refractivity contribution in [3.63, 3.8) is 0 Å². The van der Waals surface area contributed by atoms with E-state index in [4.69, 9.17) is 9.39 Å². The standard InChI is InChI=1S/C12H15BO5/c1-2-7-17-9-4-3-8-5-6-13(16)18-11(8)10(9)12(14)15/h3-4,16H,2,5-7H2,1H3,(H,14,15). The smallest absolute Gasteiger partial charge is 0.522 e. The molecule has 2 rings (SSSR count). The van der Waals surface area contributed by atoms with E-state index in [-0.39, 0.29) is 17.1 Å². The molecule has 0 atom stereocenters. The van der Waals surface area contributed by atoms with Crippen LogP contribution in [0, 0.1) is 0 Å². The lowest BCUT2D eigenvalue weighted by atomic mass is 9.78. The highest BCUT2D eigenvalue weighted by Gasteiger charge is 2.29. The number of fused-ring (bicyclic) bond motifs is 1. The molecule has 0 aromatic heterocycles. The third-order valence-electron chi connectivity index (χ3n) is 2.79. The zero-order chi connectivity index (χ0) is 13.1. The molecule has 2 N–H and O–H groups in total. The number of carbonyl (C=O) groups is 1. The molecule has 0 spiro atoms. The number of benzene rings is 1. The van der Waals surface area contributed by atoms with Gasteiger partial charge in [-0.15, -0.1) is 0 Å². The lowest BCUT2D eigenvalue weighted by Gasteiger charge is -2.22. The van der Waals surface area contributed by atoms with Crippen molar-refractivity contribution in [2.24, 2.45) is 0 Å². The molecule has 1 aliphatic heterocycles. The van der Waals surface area contributed by atoms with E-state index in [2.05, 4.69) is 0 Å². The van der Waals surface area contributed by atoms with Gasteiger partial charge in [-0.2, -0.15) is 0 Å². The van der Waals surface area contributed by atoms with Gasteiger partial charge in [0, 0.05) is 0 Å². The fraction of sp³-hybridized carbons (Fsp3) is 0.417. The Bertz CT molecular complexity index is 460. The van der Waals surface area contributed by atoms with Gasteiger partial charge in [0.05, 0.1) is 6.61 Å². The molecule has 0 radical (unpaired) electrons. The molecule has 1 aliphatic rings. The summed E-state index contributed by atoms with van der Waals surface area (Å²) >= 11 is 0. The molecule has 1 aromatic carbocycles. The third kappa shape index (κ3) is 2.43. The molecule has 0 amide bonds. The van der Waals surface area contributed by atoms with Crippen molar-refractivity contribution < 1.29 is 24.3 Å². The van der Waals surface area contributed by atoms with Gasteiger partial charge in [0.25, 0.3) is 0 Å². The number of aromatic carboxylic acids is 1. The second-order valence-electron chi connectivity index (χ2n) is 4.19. The SMILES string of the molecule is CCCOc1ccc2c(c1C(=O)O)OB(O)CC2. The summed E-state index contributed by atoms with van der Waals surface area (Å²) in [7, 11) is -0.947. The van der Waals surface area contributed by atoms with Crippen molar-refractivity contribution in [1.29, 1.82) is 0 Å². The first-order chi connectivity index (χ1) is 8.63. The summed E-state index contributed by atoms with van der Waals surface area (Å²) in [6.07, 6.45) is 1.87. The summed E-state index contributed by atoms with van der Waals surface area (Å²) < 4.78 is 10.6. The molecule has 0 saturated carbocycles. The van der Waals surface area contributed by atoms with E-state index in [1.165, 1.54) is 0 Å². The molecular weight excluding hydrogens is 235 g/mol. The zero-order valence-electron chi connectivity index (χ0n) is 10.2. The number of carboxylic acids is 1. The predicted molar refractivity (Wildman–Crippen MR) is 66.3 cm³/mol. The van der Waals surface area contributed by atoms with Gasteiger partial charge in [-0.25, -0.2) is 4.79 Å². The van der Waals surface area contributed by atoms with E-state index in [0.717, 1.165) is 12.0 Å². The van der Waals surface area contributed by atoms with Crippen LogP contribution in [0.1, 0.15) is 29.3 Å². The Labute approximate surface area is 105 Å². The molecule has 0 bridgehead atoms. The van der Waals surface area contributed by atoms with E-state index in [1.807, 2.05) is 6.92 Å². The van der Waals surface area contributed by atoms with E-state index in [1.54, 1.807) is 12.1 Å². The van der Waals surface area contributed by atoms with Crippen LogP contribution in [0.5, 0.6) is 11.5 Å². The van der Waals surface area contributed by atoms with Crippen molar-refractivity contribution >= 4 is 13.1 Å². The van der Waals surface area contributed by atoms with Gasteiger partial charge in [-0.05, 0) is 30.8 Å². The molecule has 5 nitrogen and oxygen atoms in total. The van der Waals surface area contributed by atoms with Gasteiger partial charge in [0.1, 0.15) is 17.1 Å². The molecular formula is C12H15BO5. The van der Waals surface area contributed by atoms with Crippen molar-refractivity contribution in [1.82, 2.24) is 0 Å². The largest absolute Gasteiger partial charge is 0.535 e. The molecule has 18 heavy (non-hydrogen) atoms. The van der Waals surface area contributed by atoms with Gasteiger partial charge in [-0.1, -0.05) is 13.0 Å². The Kier molecular flexibility index (Phi) is 3.76. The van der Waals surface area contributed by atoms with Gasteiger partial charge < -0.3 is 19.5 Å². The van der Waals surface area contributed by atoms with Crippen molar-refractivity contribution in [2.75, 3.05) is 6.61 Å². The van der Waals surface area contributed by atoms with Crippen LogP contribution >= 0.6 is 0 Å². The molecule has 6 heteroatoms. The molecule has 96 valence electrons. The normalized spacial score (nSPS) is 13.8. The van der Waals surface area contributed by atoms with Crippen LogP contribution in [-0.2, 0) is 6.42 Å². The van der Waals surface area contributed by atoms with Crippen LogP contribution in [0.4, 0.5) is 0 Å². The second-order valence-corrected chi connectivity index (χ2v) is 4.19. The lowest BCUT2D eigenvalue weighted by Crippen LogP contribution is -2.28. The first-order valence-electron chi connectivity index (χ1n) is 6.00. The first kappa shape index (κ1) is 12.8. The van der Waals surface area contributed by atoms with Crippen LogP contribution < -0.4 is 9.39 Å². The number of aryl methyl sites for hydroxylation is 1. The third-order valence-corrected chi connectivity index (χ3v) is 2.79. The summed E-state index contributed by atoms with van der Waals surface area (Å²) in [6, 6.07) is 3.44. The maximum Gasteiger partial charge on any atom is 0.522 e. The fourth-order valence-electron chi connectivity index (χ4n) is 1.95. The summed E-state index contributed by atoms with van der Waals surface area (Å²) in [5, 5.41) is 18.7. The maximum absolute atomic E-state index is 11.3. The van der Waals surface area contributed by atoms with Crippen LogP contribution in [0.2, 0.25) is 6.32 Å². The average molecular weight is 250 g/mol. The molecule has 1 heterocycles. The van der Waals surface area contributed by atoms with E-state index >= 15 is 0 Å². The molecule has 0 aliphatic carbocycles. The predicted octanol–water partition coefficient (Wildman–Crippen LogP) is 1.59. The van der Waals surface area contributed by atoms with Crippen LogP contribution in [-0.4, -0.2) is 29.8 Å². The van der Waals surface area contributed by atoms with E-state index in [9.17, 15) is 14.9 Å². The lowest BCUT2D eigenvalue weighted by molar-refractivity contribution is 0.0689. The fourth-order valence-corrected chi connectivity index (χ4v) is 1.95. The average Bonchev–Trinajstić information content (AvgIpc) is 2.34. The topological polar surface area (TPSA) is 76.0 Å². The Morgan fingerprint density at radius 1 is 1.56 bits per heavy atom. The van der Waals surface area contributed by atoms with Crippen LogP contribution in [0.25, 0.3) is 0 Å². The summed E-state index contributed by atoms with van der Waals surface area (Å²) in [6.45, 7) is 2.39. The van der Waals surface area contributed by atoms with Crippen molar-refractivity contribution in [2.45, 2.75) is 26.1 Å². The first-order valence-corrected chi connectivity index (χ1v) is 6.00. The Morgan fingerprint density at radius 2 is 2.33 bits per heavy atom. The summed E-state index contributed by atoms with van der Waals surface area (Å²) in [5.41, 5.74) is 0.793. The molecule has 0 saturated heterocycles. The Morgan fingerprint density at radius 3 is 3.00 bits per heavy atom. The summed E-state index contributed by atoms with van der Waals surface area (Å²) in [4.78, 5) is 11.3. The Balaban J connectivity index is 2.43. The number of hydrogen-bond donors (Lipinski definition) is 2. The van der Waals surface area contributed by atoms with Gasteiger partial charge in [0.2, 0.25) is 0 Å². The minimum Gasteiger partial charge on any atom is -0.535 e. The van der Waals surface area contributed by atoms with Crippen molar-refractivity contribution in [3.8, 4) is 11.5 Å². The number of ether oxygens (including phenoxy) is 1. The van der Waals surface area contributed by atoms with Gasteiger partial charge in [-0.3, -0.25) is 0 Å². The maximum atomic E-state index is 11.3. The quantitative estimate of drug-likeness (QED) is 0.793. The number of carboxylic acid groups (broad SMARTS) is 1. The minimum absolute atomic E-state index is 0.000278. The van der Waals surface area contributed by atoms with E-state index in [0.29, 0.717) is 19.3 Å². The van der Waals surface area contributed by atoms with Crippen LogP contribution in [0.3, 0.4) is 0 Å². The van der Waals surface area contributed by atoms with Gasteiger partial charge >= 0.3 is 13.1 Å². The summed E-state index contributed by atoms with van der Waals surface area (Å²) in [5.74, 6) is -0.584. The highest BCUT2D eigenvalue weighted by atomic mass is 16.5. The molecule has 0 unspecified atom stereocenters.